The molecular formula is C19H26N4O5. The number of anilines is 1. The van der Waals surface area contributed by atoms with E-state index in [-0.39, 0.29) is 18.4 Å². The van der Waals surface area contributed by atoms with E-state index in [0.29, 0.717) is 35.4 Å². The maximum Gasteiger partial charge on any atom is 0.409 e. The lowest BCUT2D eigenvalue weighted by atomic mass is 9.83. The van der Waals surface area contributed by atoms with Gasteiger partial charge < -0.3 is 19.8 Å². The van der Waals surface area contributed by atoms with Crippen LogP contribution in [0.15, 0.2) is 18.3 Å². The van der Waals surface area contributed by atoms with E-state index in [1.807, 2.05) is 13.8 Å². The van der Waals surface area contributed by atoms with Crippen molar-refractivity contribution in [3.63, 3.8) is 0 Å². The van der Waals surface area contributed by atoms with E-state index in [4.69, 9.17) is 9.84 Å². The van der Waals surface area contributed by atoms with Crippen molar-refractivity contribution in [3.8, 4) is 5.75 Å². The molecule has 2 aromatic rings. The third kappa shape index (κ3) is 4.36. The Labute approximate surface area is 162 Å². The summed E-state index contributed by atoms with van der Waals surface area (Å²) in [6, 6.07) is 3.27. The van der Waals surface area contributed by atoms with Crippen LogP contribution in [0.3, 0.4) is 0 Å². The number of rotatable bonds is 5. The molecular weight excluding hydrogens is 364 g/mol. The largest absolute Gasteiger partial charge is 0.494 e. The summed E-state index contributed by atoms with van der Waals surface area (Å²) in [5, 5.41) is 26.5. The summed E-state index contributed by atoms with van der Waals surface area (Å²) < 4.78 is 6.76. The number of benzene rings is 1. The maximum absolute atomic E-state index is 12.6. The summed E-state index contributed by atoms with van der Waals surface area (Å²) in [6.45, 7) is 4.97. The van der Waals surface area contributed by atoms with Gasteiger partial charge in [0, 0.05) is 30.7 Å². The number of hydrogen-bond donors (Lipinski definition) is 3. The van der Waals surface area contributed by atoms with E-state index in [9.17, 15) is 14.7 Å². The van der Waals surface area contributed by atoms with E-state index in [1.165, 1.54) is 7.11 Å². The Morgan fingerprint density at radius 1 is 1.32 bits per heavy atom. The van der Waals surface area contributed by atoms with Gasteiger partial charge in [0.15, 0.2) is 0 Å². The molecule has 0 atom stereocenters. The maximum atomic E-state index is 12.6. The van der Waals surface area contributed by atoms with Gasteiger partial charge in [-0.05, 0) is 38.7 Å². The van der Waals surface area contributed by atoms with Gasteiger partial charge in [-0.3, -0.25) is 14.8 Å². The second-order valence-corrected chi connectivity index (χ2v) is 7.68. The number of ether oxygens (including phenoxy) is 1. The second kappa shape index (κ2) is 7.67. The first-order valence-corrected chi connectivity index (χ1v) is 9.22. The molecule has 1 aliphatic heterocycles. The van der Waals surface area contributed by atoms with Crippen LogP contribution in [0.1, 0.15) is 26.7 Å². The molecule has 1 fully saturated rings. The van der Waals surface area contributed by atoms with Gasteiger partial charge in [0.25, 0.3) is 0 Å². The van der Waals surface area contributed by atoms with Crippen molar-refractivity contribution in [1.29, 1.82) is 0 Å². The molecule has 0 aliphatic carbocycles. The first-order valence-electron chi connectivity index (χ1n) is 9.22. The van der Waals surface area contributed by atoms with Gasteiger partial charge >= 0.3 is 6.09 Å². The van der Waals surface area contributed by atoms with Gasteiger partial charge in [-0.15, -0.1) is 0 Å². The molecule has 0 saturated carbocycles. The van der Waals surface area contributed by atoms with Crippen molar-refractivity contribution in [2.75, 3.05) is 25.5 Å². The summed E-state index contributed by atoms with van der Waals surface area (Å²) in [4.78, 5) is 25.4. The number of piperidine rings is 1. The molecule has 0 radical (unpaired) electrons. The molecule has 0 spiro atoms. The monoisotopic (exact) mass is 390 g/mol. The summed E-state index contributed by atoms with van der Waals surface area (Å²) >= 11 is 0. The van der Waals surface area contributed by atoms with Crippen LogP contribution in [0, 0.1) is 5.92 Å². The number of aliphatic hydroxyl groups is 1. The summed E-state index contributed by atoms with van der Waals surface area (Å²) in [5.74, 6) is 0.523. The smallest absolute Gasteiger partial charge is 0.409 e. The van der Waals surface area contributed by atoms with E-state index >= 15 is 0 Å². The number of likely N-dealkylation sites (tertiary alicyclic amines) is 1. The molecule has 1 saturated heterocycles. The number of hydrogen-bond acceptors (Lipinski definition) is 5. The molecule has 9 nitrogen and oxygen atoms in total. The fourth-order valence-electron chi connectivity index (χ4n) is 3.64. The minimum atomic E-state index is -1.19. The Balaban J connectivity index is 1.70. The van der Waals surface area contributed by atoms with Crippen LogP contribution in [0.25, 0.3) is 10.9 Å². The van der Waals surface area contributed by atoms with Crippen LogP contribution in [0.4, 0.5) is 10.5 Å². The predicted octanol–water partition coefficient (Wildman–Crippen LogP) is 2.14. The molecule has 1 aliphatic rings. The van der Waals surface area contributed by atoms with Gasteiger partial charge in [0.05, 0.1) is 23.9 Å². The molecule has 28 heavy (non-hydrogen) atoms. The van der Waals surface area contributed by atoms with Gasteiger partial charge in [-0.25, -0.2) is 4.79 Å². The first-order chi connectivity index (χ1) is 13.2. The predicted molar refractivity (Wildman–Crippen MR) is 104 cm³/mol. The van der Waals surface area contributed by atoms with E-state index in [2.05, 4.69) is 10.4 Å². The van der Waals surface area contributed by atoms with E-state index in [0.717, 1.165) is 12.8 Å². The lowest BCUT2D eigenvalue weighted by molar-refractivity contribution is -0.134. The topological polar surface area (TPSA) is 117 Å². The van der Waals surface area contributed by atoms with Crippen molar-refractivity contribution in [3.05, 3.63) is 18.3 Å². The van der Waals surface area contributed by atoms with Gasteiger partial charge in [-0.2, -0.15) is 5.10 Å². The molecule has 2 amide bonds. The van der Waals surface area contributed by atoms with Gasteiger partial charge in [0.1, 0.15) is 12.3 Å². The number of amides is 2. The minimum absolute atomic E-state index is 0.0298. The summed E-state index contributed by atoms with van der Waals surface area (Å²) in [7, 11) is 1.45. The molecule has 0 unspecified atom stereocenters. The number of nitrogens with one attached hydrogen (secondary N) is 1. The molecule has 2 heterocycles. The van der Waals surface area contributed by atoms with Crippen LogP contribution < -0.4 is 10.1 Å². The number of nitrogens with zero attached hydrogens (tertiary/aromatic N) is 3. The Kier molecular flexibility index (Phi) is 5.46. The molecule has 3 rings (SSSR count). The molecule has 3 N–H and O–H groups in total. The van der Waals surface area contributed by atoms with Crippen molar-refractivity contribution >= 4 is 28.6 Å². The Morgan fingerprint density at radius 2 is 2.00 bits per heavy atom. The van der Waals surface area contributed by atoms with E-state index in [1.54, 1.807) is 27.9 Å². The average Bonchev–Trinajstić information content (AvgIpc) is 3.00. The Morgan fingerprint density at radius 3 is 2.57 bits per heavy atom. The van der Waals surface area contributed by atoms with Crippen LogP contribution >= 0.6 is 0 Å². The zero-order valence-corrected chi connectivity index (χ0v) is 16.3. The number of fused-ring (bicyclic) bond motifs is 1. The van der Waals surface area contributed by atoms with Crippen molar-refractivity contribution in [1.82, 2.24) is 14.7 Å². The van der Waals surface area contributed by atoms with Crippen molar-refractivity contribution < 1.29 is 24.5 Å². The third-order valence-corrected chi connectivity index (χ3v) is 5.26. The first kappa shape index (κ1) is 19.9. The number of carbonyl (C=O) groups excluding carboxylic acids is 1. The normalized spacial score (nSPS) is 15.6. The van der Waals surface area contributed by atoms with Crippen LogP contribution in [0.2, 0.25) is 0 Å². The molecule has 1 aromatic carbocycles. The van der Waals surface area contributed by atoms with Crippen LogP contribution in [0.5, 0.6) is 5.75 Å². The summed E-state index contributed by atoms with van der Waals surface area (Å²) in [6.07, 6.45) is 2.08. The summed E-state index contributed by atoms with van der Waals surface area (Å²) in [5.41, 5.74) is 0.207. The quantitative estimate of drug-likeness (QED) is 0.720. The SMILES string of the molecule is COc1cc2nn(CC(=O)N3CCC(C(C)(C)O)CC3)cc2cc1NC(=O)O. The second-order valence-electron chi connectivity index (χ2n) is 7.68. The minimum Gasteiger partial charge on any atom is -0.494 e. The Bertz CT molecular complexity index is 878. The molecule has 0 bridgehead atoms. The van der Waals surface area contributed by atoms with E-state index < -0.39 is 11.7 Å². The highest BCUT2D eigenvalue weighted by Gasteiger charge is 2.32. The average molecular weight is 390 g/mol. The number of carboxylic acid groups (broad SMARTS) is 1. The highest BCUT2D eigenvalue weighted by atomic mass is 16.5. The highest BCUT2D eigenvalue weighted by Crippen LogP contribution is 2.30. The molecule has 152 valence electrons. The standard InChI is InChI=1S/C19H26N4O5/c1-19(2,27)13-4-6-22(7-5-13)17(24)11-23-10-12-8-15(20-18(25)26)16(28-3)9-14(12)21-23/h8-10,13,20,27H,4-7,11H2,1-3H3,(H,25,26). The number of carbonyl (C=O) groups is 2. The molecule has 9 heteroatoms. The Hall–Kier alpha value is -2.81. The fraction of sp³-hybridized carbons (Fsp3) is 0.526. The lowest BCUT2D eigenvalue weighted by Crippen LogP contribution is -2.45. The zero-order valence-electron chi connectivity index (χ0n) is 16.3. The van der Waals surface area contributed by atoms with Crippen LogP contribution in [-0.2, 0) is 11.3 Å². The zero-order chi connectivity index (χ0) is 20.5. The molecule has 1 aromatic heterocycles. The lowest BCUT2D eigenvalue weighted by Gasteiger charge is -2.37. The van der Waals surface area contributed by atoms with Crippen molar-refractivity contribution in [2.45, 2.75) is 38.8 Å². The van der Waals surface area contributed by atoms with Crippen LogP contribution in [-0.4, -0.2) is 62.7 Å². The van der Waals surface area contributed by atoms with Gasteiger partial charge in [0.2, 0.25) is 5.91 Å². The number of methoxy groups -OCH3 is 1. The fourth-order valence-corrected chi connectivity index (χ4v) is 3.64. The third-order valence-electron chi connectivity index (χ3n) is 5.26. The highest BCUT2D eigenvalue weighted by molar-refractivity contribution is 5.92. The van der Waals surface area contributed by atoms with Gasteiger partial charge in [-0.1, -0.05) is 0 Å². The number of aromatic nitrogens is 2. The van der Waals surface area contributed by atoms with Crippen molar-refractivity contribution in [2.24, 2.45) is 5.92 Å².